The van der Waals surface area contributed by atoms with Gasteiger partial charge in [-0.05, 0) is 62.8 Å². The standard InChI is InChI=1S/C22H25NO3.C9H17NO2.BrH/c1-2-26-22(25)19-10-6-7-11-20(19)23-21(24)18-14-12-17(13-15-18)16-8-4-3-5-9-16;1-2-12-9(11)7-5-3-4-6-8(7)10;/h3-5,8-9,12-15,19-20H,2,6-7,10-11H2,1H3,(H,23,24);7-8H,2-6,10H2,1H3;1H/t19-,20+;7-,8+;/m11./s1. The minimum Gasteiger partial charge on any atom is -0.466 e. The van der Waals surface area contributed by atoms with Crippen LogP contribution in [0.25, 0.3) is 11.1 Å². The number of carbonyl (C=O) groups excluding carboxylic acids is 3. The Morgan fingerprint density at radius 1 is 0.744 bits per heavy atom. The number of rotatable bonds is 7. The number of nitrogens with one attached hydrogen (secondary N) is 1. The summed E-state index contributed by atoms with van der Waals surface area (Å²) in [7, 11) is 0. The molecule has 4 rings (SSSR count). The summed E-state index contributed by atoms with van der Waals surface area (Å²) in [5.41, 5.74) is 8.61. The van der Waals surface area contributed by atoms with Gasteiger partial charge in [0.25, 0.3) is 5.91 Å². The molecule has 8 heteroatoms. The van der Waals surface area contributed by atoms with E-state index in [2.05, 4.69) is 5.32 Å². The van der Waals surface area contributed by atoms with E-state index in [4.69, 9.17) is 15.2 Å². The number of ether oxygens (including phenoxy) is 2. The lowest BCUT2D eigenvalue weighted by atomic mass is 9.84. The first-order valence-electron chi connectivity index (χ1n) is 14.0. The van der Waals surface area contributed by atoms with E-state index in [0.29, 0.717) is 18.8 Å². The minimum absolute atomic E-state index is 0. The van der Waals surface area contributed by atoms with E-state index in [-0.39, 0.29) is 58.7 Å². The number of hydrogen-bond acceptors (Lipinski definition) is 6. The summed E-state index contributed by atoms with van der Waals surface area (Å²) in [6.45, 7) is 4.47. The van der Waals surface area contributed by atoms with Crippen molar-refractivity contribution in [2.75, 3.05) is 13.2 Å². The lowest BCUT2D eigenvalue weighted by molar-refractivity contribution is -0.150. The van der Waals surface area contributed by atoms with Crippen LogP contribution in [0, 0.1) is 11.8 Å². The molecule has 7 nitrogen and oxygen atoms in total. The number of halogens is 1. The predicted octanol–water partition coefficient (Wildman–Crippen LogP) is 5.85. The van der Waals surface area contributed by atoms with Crippen LogP contribution >= 0.6 is 17.0 Å². The Kier molecular flexibility index (Phi) is 14.2. The predicted molar refractivity (Wildman–Crippen MR) is 159 cm³/mol. The molecule has 1 amide bonds. The monoisotopic (exact) mass is 602 g/mol. The molecular formula is C31H43BrN2O5. The van der Waals surface area contributed by atoms with Crippen molar-refractivity contribution in [2.45, 2.75) is 77.3 Å². The van der Waals surface area contributed by atoms with Crippen LogP contribution in [0.2, 0.25) is 0 Å². The summed E-state index contributed by atoms with van der Waals surface area (Å²) < 4.78 is 10.1. The highest BCUT2D eigenvalue weighted by Gasteiger charge is 2.33. The molecule has 0 heterocycles. The maximum atomic E-state index is 12.6. The molecule has 2 aliphatic carbocycles. The highest BCUT2D eigenvalue weighted by atomic mass is 79.9. The minimum atomic E-state index is -0.240. The van der Waals surface area contributed by atoms with E-state index in [1.807, 2.05) is 68.4 Å². The number of carbonyl (C=O) groups is 3. The zero-order chi connectivity index (χ0) is 27.3. The van der Waals surface area contributed by atoms with Gasteiger partial charge in [-0.15, -0.1) is 17.0 Å². The summed E-state index contributed by atoms with van der Waals surface area (Å²) in [6, 6.07) is 17.5. The number of nitrogens with two attached hydrogens (primary N) is 1. The second-order valence-corrected chi connectivity index (χ2v) is 9.97. The van der Waals surface area contributed by atoms with E-state index >= 15 is 0 Å². The molecule has 4 atom stereocenters. The SMILES string of the molecule is Br.CCOC(=O)[C@@H]1CCCC[C@@H]1N.CCOC(=O)[C@@H]1CCCC[C@@H]1NC(=O)c1ccc(-c2ccccc2)cc1. The normalized spacial score (nSPS) is 22.2. The van der Waals surface area contributed by atoms with Crippen LogP contribution in [0.3, 0.4) is 0 Å². The molecule has 39 heavy (non-hydrogen) atoms. The van der Waals surface area contributed by atoms with Gasteiger partial charge in [-0.25, -0.2) is 0 Å². The van der Waals surface area contributed by atoms with Crippen LogP contribution in [0.5, 0.6) is 0 Å². The zero-order valence-corrected chi connectivity index (χ0v) is 24.8. The summed E-state index contributed by atoms with van der Waals surface area (Å²) in [6.07, 6.45) is 7.74. The first-order chi connectivity index (χ1) is 18.4. The van der Waals surface area contributed by atoms with E-state index < -0.39 is 0 Å². The average molecular weight is 604 g/mol. The Balaban J connectivity index is 0.000000346. The second kappa shape index (κ2) is 17.1. The van der Waals surface area contributed by atoms with Crippen molar-refractivity contribution in [3.05, 3.63) is 60.2 Å². The third-order valence-corrected chi connectivity index (χ3v) is 7.33. The molecule has 0 aliphatic heterocycles. The topological polar surface area (TPSA) is 108 Å². The Morgan fingerprint density at radius 3 is 1.85 bits per heavy atom. The fourth-order valence-electron chi connectivity index (χ4n) is 5.23. The molecule has 3 N–H and O–H groups in total. The third kappa shape index (κ3) is 9.76. The molecule has 0 spiro atoms. The van der Waals surface area contributed by atoms with Crippen LogP contribution in [0.15, 0.2) is 54.6 Å². The molecule has 2 saturated carbocycles. The van der Waals surface area contributed by atoms with Gasteiger partial charge in [-0.3, -0.25) is 14.4 Å². The summed E-state index contributed by atoms with van der Waals surface area (Å²) in [4.78, 5) is 36.1. The maximum absolute atomic E-state index is 12.6. The van der Waals surface area contributed by atoms with Gasteiger partial charge in [-0.1, -0.05) is 68.1 Å². The van der Waals surface area contributed by atoms with Gasteiger partial charge in [-0.2, -0.15) is 0 Å². The van der Waals surface area contributed by atoms with Gasteiger partial charge in [0.15, 0.2) is 0 Å². The van der Waals surface area contributed by atoms with Crippen molar-refractivity contribution in [3.63, 3.8) is 0 Å². The van der Waals surface area contributed by atoms with Crippen molar-refractivity contribution in [1.82, 2.24) is 5.32 Å². The smallest absolute Gasteiger partial charge is 0.311 e. The van der Waals surface area contributed by atoms with Crippen LogP contribution in [0.4, 0.5) is 0 Å². The largest absolute Gasteiger partial charge is 0.466 e. The van der Waals surface area contributed by atoms with E-state index in [1.54, 1.807) is 0 Å². The lowest BCUT2D eigenvalue weighted by Gasteiger charge is -2.30. The van der Waals surface area contributed by atoms with Crippen molar-refractivity contribution in [2.24, 2.45) is 17.6 Å². The fourth-order valence-corrected chi connectivity index (χ4v) is 5.23. The number of amides is 1. The van der Waals surface area contributed by atoms with Gasteiger partial charge in [0.05, 0.1) is 25.0 Å². The van der Waals surface area contributed by atoms with Crippen molar-refractivity contribution in [1.29, 1.82) is 0 Å². The fraction of sp³-hybridized carbons (Fsp3) is 0.516. The number of benzene rings is 2. The summed E-state index contributed by atoms with van der Waals surface area (Å²) in [5.74, 6) is -0.720. The number of hydrogen-bond donors (Lipinski definition) is 2. The van der Waals surface area contributed by atoms with Crippen LogP contribution in [-0.2, 0) is 19.1 Å². The first-order valence-corrected chi connectivity index (χ1v) is 14.0. The first kappa shape index (κ1) is 32.5. The lowest BCUT2D eigenvalue weighted by Crippen LogP contribution is -2.45. The van der Waals surface area contributed by atoms with Gasteiger partial charge in [0.2, 0.25) is 0 Å². The van der Waals surface area contributed by atoms with E-state index in [0.717, 1.165) is 62.5 Å². The molecule has 0 aromatic heterocycles. The molecule has 214 valence electrons. The van der Waals surface area contributed by atoms with Crippen LogP contribution in [-0.4, -0.2) is 43.1 Å². The molecular weight excluding hydrogens is 560 g/mol. The van der Waals surface area contributed by atoms with Gasteiger partial charge in [0, 0.05) is 17.6 Å². The average Bonchev–Trinajstić information content (AvgIpc) is 2.95. The highest BCUT2D eigenvalue weighted by molar-refractivity contribution is 8.93. The molecule has 2 aromatic carbocycles. The molecule has 2 aliphatic rings. The summed E-state index contributed by atoms with van der Waals surface area (Å²) in [5, 5.41) is 3.04. The Hall–Kier alpha value is -2.71. The van der Waals surface area contributed by atoms with Gasteiger partial charge >= 0.3 is 11.9 Å². The molecule has 0 saturated heterocycles. The highest BCUT2D eigenvalue weighted by Crippen LogP contribution is 2.27. The van der Waals surface area contributed by atoms with Crippen molar-refractivity contribution < 1.29 is 23.9 Å². The molecule has 0 unspecified atom stereocenters. The maximum Gasteiger partial charge on any atom is 0.311 e. The van der Waals surface area contributed by atoms with E-state index in [1.165, 1.54) is 0 Å². The Labute approximate surface area is 243 Å². The number of esters is 2. The van der Waals surface area contributed by atoms with E-state index in [9.17, 15) is 14.4 Å². The molecule has 0 radical (unpaired) electrons. The Morgan fingerprint density at radius 2 is 1.26 bits per heavy atom. The third-order valence-electron chi connectivity index (χ3n) is 7.33. The van der Waals surface area contributed by atoms with Gasteiger partial charge < -0.3 is 20.5 Å². The Bertz CT molecular complexity index is 1030. The van der Waals surface area contributed by atoms with Crippen molar-refractivity contribution in [3.8, 4) is 11.1 Å². The molecule has 0 bridgehead atoms. The molecule has 2 fully saturated rings. The molecule has 2 aromatic rings. The quantitative estimate of drug-likeness (QED) is 0.385. The van der Waals surface area contributed by atoms with Crippen LogP contribution in [0.1, 0.15) is 75.6 Å². The summed E-state index contributed by atoms with van der Waals surface area (Å²) >= 11 is 0. The second-order valence-electron chi connectivity index (χ2n) is 9.97. The van der Waals surface area contributed by atoms with Gasteiger partial charge in [0.1, 0.15) is 0 Å². The van der Waals surface area contributed by atoms with Crippen LogP contribution < -0.4 is 11.1 Å². The van der Waals surface area contributed by atoms with Crippen molar-refractivity contribution >= 4 is 34.8 Å². The zero-order valence-electron chi connectivity index (χ0n) is 23.1.